The van der Waals surface area contributed by atoms with Gasteiger partial charge in [-0.3, -0.25) is 14.5 Å². The molecule has 8 heteroatoms. The van der Waals surface area contributed by atoms with Crippen molar-refractivity contribution in [1.82, 2.24) is 4.90 Å². The van der Waals surface area contributed by atoms with E-state index in [1.54, 1.807) is 0 Å². The molecule has 0 aromatic heterocycles. The van der Waals surface area contributed by atoms with Gasteiger partial charge < -0.3 is 20.1 Å². The number of hydrogen-bond acceptors (Lipinski definition) is 5. The smallest absolute Gasteiger partial charge is 0.548 e. The Morgan fingerprint density at radius 1 is 1.20 bits per heavy atom. The van der Waals surface area contributed by atoms with Gasteiger partial charge >= 0.3 is 41.5 Å². The molecule has 2 N–H and O–H groups in total. The molecular weight excluding hydrogens is 217 g/mol. The molecule has 0 aliphatic rings. The minimum Gasteiger partial charge on any atom is -0.548 e. The van der Waals surface area contributed by atoms with Crippen molar-refractivity contribution >= 4 is 17.9 Å². The number of aliphatic carboxylic acids is 3. The Labute approximate surface area is 108 Å². The van der Waals surface area contributed by atoms with Crippen LogP contribution in [0, 0.1) is 0 Å². The second kappa shape index (κ2) is 7.63. The van der Waals surface area contributed by atoms with Crippen molar-refractivity contribution in [3.8, 4) is 0 Å². The maximum absolute atomic E-state index is 10.4. The Morgan fingerprint density at radius 2 is 1.53 bits per heavy atom. The summed E-state index contributed by atoms with van der Waals surface area (Å²) in [5, 5.41) is 27.1. The van der Waals surface area contributed by atoms with E-state index in [4.69, 9.17) is 10.2 Å². The van der Waals surface area contributed by atoms with Gasteiger partial charge in [-0.2, -0.15) is 0 Å². The molecule has 0 spiro atoms. The molecule has 0 aromatic rings. The van der Waals surface area contributed by atoms with Gasteiger partial charge in [0.15, 0.2) is 0 Å². The van der Waals surface area contributed by atoms with E-state index in [0.717, 1.165) is 4.90 Å². The number of carbonyl (C=O) groups excluding carboxylic acids is 1. The first kappa shape index (κ1) is 16.8. The first-order valence-electron chi connectivity index (χ1n) is 3.73. The topological polar surface area (TPSA) is 118 Å². The molecule has 0 heterocycles. The van der Waals surface area contributed by atoms with Gasteiger partial charge in [-0.25, -0.2) is 0 Å². The fourth-order valence-electron chi connectivity index (χ4n) is 0.826. The van der Waals surface area contributed by atoms with E-state index >= 15 is 0 Å². The molecule has 7 nitrogen and oxygen atoms in total. The molecule has 0 amide bonds. The Hall–Kier alpha value is -0.630. The average Bonchev–Trinajstić information content (AvgIpc) is 1.99. The summed E-state index contributed by atoms with van der Waals surface area (Å²) in [5.41, 5.74) is 0. The third-order valence-corrected chi connectivity index (χ3v) is 1.57. The van der Waals surface area contributed by atoms with Crippen molar-refractivity contribution < 1.29 is 59.3 Å². The van der Waals surface area contributed by atoms with Crippen LogP contribution in [0.5, 0.6) is 0 Å². The van der Waals surface area contributed by atoms with Crippen molar-refractivity contribution in [3.63, 3.8) is 0 Å². The molecule has 80 valence electrons. The quantitative estimate of drug-likeness (QED) is 0.435. The maximum Gasteiger partial charge on any atom is 1.00 e. The second-order valence-electron chi connectivity index (χ2n) is 2.69. The number of hydrogen-bond donors (Lipinski definition) is 2. The molecular formula is C7H10NNaO6. The molecule has 0 aliphatic heterocycles. The van der Waals surface area contributed by atoms with Gasteiger partial charge in [0.2, 0.25) is 0 Å². The van der Waals surface area contributed by atoms with E-state index in [1.807, 2.05) is 0 Å². The first-order chi connectivity index (χ1) is 6.34. The number of carboxylic acids is 3. The number of rotatable bonds is 6. The Morgan fingerprint density at radius 3 is 1.73 bits per heavy atom. The minimum atomic E-state index is -1.51. The zero-order valence-corrected chi connectivity index (χ0v) is 10.5. The van der Waals surface area contributed by atoms with Gasteiger partial charge in [0.25, 0.3) is 0 Å². The fraction of sp³-hybridized carbons (Fsp3) is 0.571. The van der Waals surface area contributed by atoms with Crippen LogP contribution in [0.2, 0.25) is 0 Å². The Balaban J connectivity index is 0. The molecule has 0 rings (SSSR count). The van der Waals surface area contributed by atoms with E-state index < -0.39 is 37.0 Å². The molecule has 1 atom stereocenters. The van der Waals surface area contributed by atoms with Gasteiger partial charge in [-0.05, 0) is 6.92 Å². The second-order valence-corrected chi connectivity index (χ2v) is 2.69. The summed E-state index contributed by atoms with van der Waals surface area (Å²) in [4.78, 5) is 31.7. The summed E-state index contributed by atoms with van der Waals surface area (Å²) in [7, 11) is 0. The van der Waals surface area contributed by atoms with Crippen molar-refractivity contribution in [2.75, 3.05) is 13.1 Å². The third kappa shape index (κ3) is 7.32. The normalized spacial score (nSPS) is 11.6. The van der Waals surface area contributed by atoms with Crippen LogP contribution in [0.25, 0.3) is 0 Å². The van der Waals surface area contributed by atoms with Gasteiger partial charge in [0.1, 0.15) is 0 Å². The molecule has 0 bridgehead atoms. The summed E-state index contributed by atoms with van der Waals surface area (Å²) in [5.74, 6) is -4.09. The zero-order valence-electron chi connectivity index (χ0n) is 8.47. The van der Waals surface area contributed by atoms with E-state index in [9.17, 15) is 19.5 Å². The maximum atomic E-state index is 10.4. The van der Waals surface area contributed by atoms with Crippen LogP contribution in [0.4, 0.5) is 0 Å². The number of carboxylic acid groups (broad SMARTS) is 3. The van der Waals surface area contributed by atoms with Crippen LogP contribution < -0.4 is 34.7 Å². The Kier molecular flexibility index (Phi) is 8.54. The number of nitrogens with zero attached hydrogens (tertiary/aromatic N) is 1. The fourth-order valence-corrected chi connectivity index (χ4v) is 0.826. The summed E-state index contributed by atoms with van der Waals surface area (Å²) in [6.07, 6.45) is 0. The molecule has 1 unspecified atom stereocenters. The summed E-state index contributed by atoms with van der Waals surface area (Å²) in [6, 6.07) is -1.25. The van der Waals surface area contributed by atoms with Crippen molar-refractivity contribution in [2.45, 2.75) is 13.0 Å². The predicted octanol–water partition coefficient (Wildman–Crippen LogP) is -5.40. The Bertz CT molecular complexity index is 240. The largest absolute Gasteiger partial charge is 1.00 e. The van der Waals surface area contributed by atoms with Crippen LogP contribution in [-0.4, -0.2) is 52.2 Å². The number of carbonyl (C=O) groups is 3. The molecule has 0 aliphatic carbocycles. The van der Waals surface area contributed by atoms with Gasteiger partial charge in [0, 0.05) is 6.04 Å². The molecule has 0 radical (unpaired) electrons. The summed E-state index contributed by atoms with van der Waals surface area (Å²) in [6.45, 7) is -0.135. The predicted molar refractivity (Wildman–Crippen MR) is 41.3 cm³/mol. The summed E-state index contributed by atoms with van der Waals surface area (Å²) < 4.78 is 0. The van der Waals surface area contributed by atoms with E-state index in [-0.39, 0.29) is 29.6 Å². The monoisotopic (exact) mass is 227 g/mol. The van der Waals surface area contributed by atoms with E-state index in [2.05, 4.69) is 0 Å². The van der Waals surface area contributed by atoms with E-state index in [0.29, 0.717) is 0 Å². The van der Waals surface area contributed by atoms with Crippen LogP contribution >= 0.6 is 0 Å². The molecule has 0 fully saturated rings. The van der Waals surface area contributed by atoms with Crippen LogP contribution in [-0.2, 0) is 14.4 Å². The van der Waals surface area contributed by atoms with Crippen molar-refractivity contribution in [1.29, 1.82) is 0 Å². The minimum absolute atomic E-state index is 0. The van der Waals surface area contributed by atoms with Gasteiger partial charge in [-0.15, -0.1) is 0 Å². The summed E-state index contributed by atoms with van der Waals surface area (Å²) >= 11 is 0. The SMILES string of the molecule is CC(C(=O)[O-])N(CC(=O)O)CC(=O)O.[Na+]. The standard InChI is InChI=1S/C7H11NO6.Na/c1-4(7(13)14)8(2-5(9)10)3-6(11)12;/h4H,2-3H2,1H3,(H,9,10)(H,11,12)(H,13,14);/q;+1/p-1. The van der Waals surface area contributed by atoms with Gasteiger partial charge in [-0.1, -0.05) is 0 Å². The van der Waals surface area contributed by atoms with Crippen molar-refractivity contribution in [2.24, 2.45) is 0 Å². The average molecular weight is 227 g/mol. The zero-order chi connectivity index (χ0) is 11.3. The van der Waals surface area contributed by atoms with Crippen LogP contribution in [0.3, 0.4) is 0 Å². The molecule has 15 heavy (non-hydrogen) atoms. The molecule has 0 aromatic carbocycles. The van der Waals surface area contributed by atoms with Crippen LogP contribution in [0.15, 0.2) is 0 Å². The molecule has 0 saturated heterocycles. The van der Waals surface area contributed by atoms with Gasteiger partial charge in [0.05, 0.1) is 19.1 Å². The molecule has 0 saturated carbocycles. The van der Waals surface area contributed by atoms with Crippen LogP contribution in [0.1, 0.15) is 6.92 Å². The van der Waals surface area contributed by atoms with E-state index in [1.165, 1.54) is 6.92 Å². The first-order valence-corrected chi connectivity index (χ1v) is 3.73. The van der Waals surface area contributed by atoms with Crippen molar-refractivity contribution in [3.05, 3.63) is 0 Å². The third-order valence-electron chi connectivity index (χ3n) is 1.57.